The average molecular weight is 340 g/mol. The largest absolute Gasteiger partial charge is 0.392 e. The van der Waals surface area contributed by atoms with Crippen molar-refractivity contribution in [3.63, 3.8) is 0 Å². The Labute approximate surface area is 128 Å². The highest BCUT2D eigenvalue weighted by molar-refractivity contribution is 9.10. The molecule has 4 nitrogen and oxygen atoms in total. The van der Waals surface area contributed by atoms with Crippen LogP contribution in [0.4, 0.5) is 5.82 Å². The summed E-state index contributed by atoms with van der Waals surface area (Å²) in [7, 11) is 0. The van der Waals surface area contributed by atoms with Crippen LogP contribution in [0.2, 0.25) is 0 Å². The molecule has 0 radical (unpaired) electrons. The maximum absolute atomic E-state index is 9.80. The summed E-state index contributed by atoms with van der Waals surface area (Å²) in [6, 6.07) is 6.72. The number of hydrogen-bond acceptors (Lipinski definition) is 4. The summed E-state index contributed by atoms with van der Waals surface area (Å²) in [5.41, 5.74) is 0. The Balaban J connectivity index is 1.56. The molecule has 2 saturated heterocycles. The molecule has 5 heteroatoms. The topological polar surface area (TPSA) is 39.6 Å². The van der Waals surface area contributed by atoms with Crippen molar-refractivity contribution in [2.24, 2.45) is 0 Å². The predicted octanol–water partition coefficient (Wildman–Crippen LogP) is 2.27. The maximum atomic E-state index is 9.80. The highest BCUT2D eigenvalue weighted by Crippen LogP contribution is 2.24. The summed E-state index contributed by atoms with van der Waals surface area (Å²) >= 11 is 3.44. The second-order valence-electron chi connectivity index (χ2n) is 5.83. The van der Waals surface area contributed by atoms with Gasteiger partial charge in [-0.25, -0.2) is 4.98 Å². The summed E-state index contributed by atoms with van der Waals surface area (Å²) < 4.78 is 0.899. The zero-order chi connectivity index (χ0) is 13.9. The quantitative estimate of drug-likeness (QED) is 0.839. The van der Waals surface area contributed by atoms with Crippen LogP contribution in [-0.2, 0) is 0 Å². The fourth-order valence-corrected chi connectivity index (χ4v) is 3.68. The van der Waals surface area contributed by atoms with Crippen molar-refractivity contribution in [3.8, 4) is 0 Å². The molecule has 0 aromatic carbocycles. The number of piperidine rings is 2. The molecule has 1 aromatic heterocycles. The second-order valence-corrected chi connectivity index (χ2v) is 6.64. The van der Waals surface area contributed by atoms with Crippen molar-refractivity contribution in [2.75, 3.05) is 31.1 Å². The van der Waals surface area contributed by atoms with E-state index in [4.69, 9.17) is 0 Å². The third-order valence-electron chi connectivity index (χ3n) is 4.43. The van der Waals surface area contributed by atoms with Crippen molar-refractivity contribution >= 4 is 21.7 Å². The molecule has 3 rings (SSSR count). The van der Waals surface area contributed by atoms with Gasteiger partial charge in [0.05, 0.1) is 6.10 Å². The van der Waals surface area contributed by atoms with E-state index < -0.39 is 0 Å². The third-order valence-corrected chi connectivity index (χ3v) is 4.87. The summed E-state index contributed by atoms with van der Waals surface area (Å²) in [5, 5.41) is 9.80. The van der Waals surface area contributed by atoms with Gasteiger partial charge in [0, 0.05) is 25.7 Å². The number of aliphatic hydroxyl groups excluding tert-OH is 1. The van der Waals surface area contributed by atoms with Crippen LogP contribution in [0, 0.1) is 0 Å². The molecule has 0 bridgehead atoms. The Bertz CT molecular complexity index is 448. The Kier molecular flexibility index (Phi) is 4.58. The molecular weight excluding hydrogens is 318 g/mol. The first-order valence-corrected chi connectivity index (χ1v) is 8.31. The minimum atomic E-state index is -0.117. The summed E-state index contributed by atoms with van der Waals surface area (Å²) in [5.74, 6) is 1.07. The molecule has 1 atom stereocenters. The van der Waals surface area contributed by atoms with Crippen LogP contribution in [0.25, 0.3) is 0 Å². The average Bonchev–Trinajstić information content (AvgIpc) is 2.47. The van der Waals surface area contributed by atoms with Crippen LogP contribution in [0.1, 0.15) is 25.7 Å². The molecule has 20 heavy (non-hydrogen) atoms. The number of halogens is 1. The number of β-amino-alcohol motifs (C(OH)–C–C–N with tert-alkyl or cyclic N) is 1. The van der Waals surface area contributed by atoms with Crippen molar-refractivity contribution in [1.82, 2.24) is 9.88 Å². The molecule has 1 aromatic rings. The first kappa shape index (κ1) is 14.3. The van der Waals surface area contributed by atoms with E-state index in [2.05, 4.69) is 36.8 Å². The molecule has 1 N–H and O–H groups in total. The van der Waals surface area contributed by atoms with E-state index in [0.29, 0.717) is 6.04 Å². The van der Waals surface area contributed by atoms with E-state index in [0.717, 1.165) is 49.4 Å². The van der Waals surface area contributed by atoms with Crippen LogP contribution in [0.5, 0.6) is 0 Å². The SMILES string of the molecule is O[C@H]1CCCN(C2CCN(c3cccc(Br)n3)CC2)C1. The number of rotatable bonds is 2. The lowest BCUT2D eigenvalue weighted by Crippen LogP contribution is -2.49. The van der Waals surface area contributed by atoms with Gasteiger partial charge in [-0.15, -0.1) is 0 Å². The monoisotopic (exact) mass is 339 g/mol. The molecule has 110 valence electrons. The number of aliphatic hydroxyl groups is 1. The first-order valence-electron chi connectivity index (χ1n) is 7.52. The molecule has 2 aliphatic heterocycles. The predicted molar refractivity (Wildman–Crippen MR) is 84.0 cm³/mol. The van der Waals surface area contributed by atoms with Crippen molar-refractivity contribution in [3.05, 3.63) is 22.8 Å². The normalized spacial score (nSPS) is 25.9. The zero-order valence-electron chi connectivity index (χ0n) is 11.7. The third kappa shape index (κ3) is 3.32. The maximum Gasteiger partial charge on any atom is 0.129 e. The Hall–Kier alpha value is -0.650. The fraction of sp³-hybridized carbons (Fsp3) is 0.667. The van der Waals surface area contributed by atoms with Gasteiger partial charge < -0.3 is 10.0 Å². The standard InChI is InChI=1S/C15H22BrN3O/c16-14-4-1-5-15(17-14)18-9-6-12(7-10-18)19-8-2-3-13(20)11-19/h1,4-5,12-13,20H,2-3,6-11H2/t13-/m0/s1. The van der Waals surface area contributed by atoms with Gasteiger partial charge in [-0.3, -0.25) is 4.90 Å². The van der Waals surface area contributed by atoms with Crippen LogP contribution >= 0.6 is 15.9 Å². The van der Waals surface area contributed by atoms with Crippen molar-refractivity contribution in [1.29, 1.82) is 0 Å². The summed E-state index contributed by atoms with van der Waals surface area (Å²) in [6.45, 7) is 4.12. The van der Waals surface area contributed by atoms with Gasteiger partial charge >= 0.3 is 0 Å². The molecule has 0 aliphatic carbocycles. The van der Waals surface area contributed by atoms with Gasteiger partial charge in [-0.2, -0.15) is 0 Å². The van der Waals surface area contributed by atoms with Gasteiger partial charge in [0.15, 0.2) is 0 Å². The van der Waals surface area contributed by atoms with Crippen molar-refractivity contribution in [2.45, 2.75) is 37.8 Å². The summed E-state index contributed by atoms with van der Waals surface area (Å²) in [6.07, 6.45) is 4.32. The highest BCUT2D eigenvalue weighted by Gasteiger charge is 2.28. The molecule has 0 unspecified atom stereocenters. The van der Waals surface area contributed by atoms with Gasteiger partial charge in [0.2, 0.25) is 0 Å². The fourth-order valence-electron chi connectivity index (χ4n) is 3.35. The van der Waals surface area contributed by atoms with E-state index in [9.17, 15) is 5.11 Å². The van der Waals surface area contributed by atoms with E-state index in [-0.39, 0.29) is 6.10 Å². The van der Waals surface area contributed by atoms with Gasteiger partial charge in [0.25, 0.3) is 0 Å². The van der Waals surface area contributed by atoms with E-state index in [1.54, 1.807) is 0 Å². The minimum Gasteiger partial charge on any atom is -0.392 e. The Morgan fingerprint density at radius 2 is 1.95 bits per heavy atom. The molecular formula is C15H22BrN3O. The van der Waals surface area contributed by atoms with Crippen LogP contribution in [0.15, 0.2) is 22.8 Å². The summed E-state index contributed by atoms with van der Waals surface area (Å²) in [4.78, 5) is 9.38. The lowest BCUT2D eigenvalue weighted by molar-refractivity contribution is 0.0398. The molecule has 2 fully saturated rings. The Morgan fingerprint density at radius 1 is 1.15 bits per heavy atom. The van der Waals surface area contributed by atoms with E-state index >= 15 is 0 Å². The van der Waals surface area contributed by atoms with E-state index in [1.165, 1.54) is 12.8 Å². The molecule has 3 heterocycles. The molecule has 0 amide bonds. The number of aromatic nitrogens is 1. The molecule has 0 spiro atoms. The highest BCUT2D eigenvalue weighted by atomic mass is 79.9. The van der Waals surface area contributed by atoms with Gasteiger partial charge in [-0.05, 0) is 60.3 Å². The van der Waals surface area contributed by atoms with Crippen LogP contribution < -0.4 is 4.90 Å². The van der Waals surface area contributed by atoms with E-state index in [1.807, 2.05) is 12.1 Å². The first-order chi connectivity index (χ1) is 9.72. The number of likely N-dealkylation sites (tertiary alicyclic amines) is 1. The van der Waals surface area contributed by atoms with Crippen molar-refractivity contribution < 1.29 is 5.11 Å². The van der Waals surface area contributed by atoms with Crippen LogP contribution in [0.3, 0.4) is 0 Å². The second kappa shape index (κ2) is 6.41. The Morgan fingerprint density at radius 3 is 2.65 bits per heavy atom. The minimum absolute atomic E-state index is 0.117. The molecule has 0 saturated carbocycles. The number of nitrogens with zero attached hydrogens (tertiary/aromatic N) is 3. The molecule has 2 aliphatic rings. The number of hydrogen-bond donors (Lipinski definition) is 1. The lowest BCUT2D eigenvalue weighted by Gasteiger charge is -2.41. The smallest absolute Gasteiger partial charge is 0.129 e. The van der Waals surface area contributed by atoms with Gasteiger partial charge in [0.1, 0.15) is 10.4 Å². The zero-order valence-corrected chi connectivity index (χ0v) is 13.3. The lowest BCUT2D eigenvalue weighted by atomic mass is 9.99. The van der Waals surface area contributed by atoms with Crippen LogP contribution in [-0.4, -0.2) is 53.3 Å². The number of anilines is 1. The van der Waals surface area contributed by atoms with Gasteiger partial charge in [-0.1, -0.05) is 6.07 Å². The number of pyridine rings is 1.